The highest BCUT2D eigenvalue weighted by Gasteiger charge is 2.22. The van der Waals surface area contributed by atoms with Crippen LogP contribution in [-0.2, 0) is 0 Å². The molecule has 10 heteroatoms. The lowest BCUT2D eigenvalue weighted by molar-refractivity contribution is 0.102. The Morgan fingerprint density at radius 3 is 2.86 bits per heavy atom. The van der Waals surface area contributed by atoms with Crippen LogP contribution in [0.4, 0.5) is 19.5 Å². The molecule has 4 rings (SSSR count). The maximum absolute atomic E-state index is 14.0. The van der Waals surface area contributed by atoms with E-state index in [0.717, 1.165) is 49.4 Å². The third-order valence-corrected chi connectivity index (χ3v) is 5.45. The van der Waals surface area contributed by atoms with E-state index in [1.165, 1.54) is 6.07 Å². The zero-order valence-corrected chi connectivity index (χ0v) is 15.6. The fraction of sp³-hybridized carbons (Fsp3) is 0.278. The van der Waals surface area contributed by atoms with Gasteiger partial charge >= 0.3 is 0 Å². The summed E-state index contributed by atoms with van der Waals surface area (Å²) in [6.45, 7) is 1.82. The second-order valence-electron chi connectivity index (χ2n) is 6.49. The van der Waals surface area contributed by atoms with E-state index in [9.17, 15) is 13.6 Å². The number of rotatable bonds is 4. The number of nitrogens with two attached hydrogens (primary N) is 1. The molecule has 2 aromatic heterocycles. The van der Waals surface area contributed by atoms with Gasteiger partial charge < -0.3 is 16.4 Å². The molecule has 0 spiro atoms. The minimum atomic E-state index is -0.761. The fourth-order valence-electron chi connectivity index (χ4n) is 3.16. The smallest absolute Gasteiger partial charge is 0.277 e. The van der Waals surface area contributed by atoms with Crippen LogP contribution in [0, 0.1) is 11.6 Å². The molecule has 0 saturated carbocycles. The molecule has 28 heavy (non-hydrogen) atoms. The number of anilines is 2. The third kappa shape index (κ3) is 3.60. The number of nitrogens with zero attached hydrogens (tertiary/aromatic N) is 3. The predicted molar refractivity (Wildman–Crippen MR) is 103 cm³/mol. The van der Waals surface area contributed by atoms with Crippen LogP contribution in [0.25, 0.3) is 10.6 Å². The van der Waals surface area contributed by atoms with Crippen molar-refractivity contribution in [1.29, 1.82) is 0 Å². The lowest BCUT2D eigenvalue weighted by atomic mass is 10.1. The third-order valence-electron chi connectivity index (χ3n) is 4.55. The summed E-state index contributed by atoms with van der Waals surface area (Å²) in [7, 11) is 0. The van der Waals surface area contributed by atoms with E-state index < -0.39 is 17.5 Å². The number of carbonyl (C=O) groups excluding carboxylic acids is 1. The topological polar surface area (TPSA) is 97.9 Å². The van der Waals surface area contributed by atoms with Crippen LogP contribution in [0.3, 0.4) is 0 Å². The van der Waals surface area contributed by atoms with Gasteiger partial charge in [0.2, 0.25) is 0 Å². The SMILES string of the molecule is Nc1sc(-c2c(F)cccc2F)nc1C(=O)Nc1cnn([C@H]2CCCNC2)c1. The van der Waals surface area contributed by atoms with Crippen LogP contribution in [-0.4, -0.2) is 33.8 Å². The quantitative estimate of drug-likeness (QED) is 0.621. The molecule has 1 aliphatic heterocycles. The van der Waals surface area contributed by atoms with Crippen molar-refractivity contribution in [3.63, 3.8) is 0 Å². The largest absolute Gasteiger partial charge is 0.389 e. The number of carbonyl (C=O) groups is 1. The van der Waals surface area contributed by atoms with Gasteiger partial charge in [-0.1, -0.05) is 17.4 Å². The molecule has 4 N–H and O–H groups in total. The van der Waals surface area contributed by atoms with Crippen molar-refractivity contribution >= 4 is 27.9 Å². The number of piperidine rings is 1. The Morgan fingerprint density at radius 2 is 2.14 bits per heavy atom. The molecule has 0 bridgehead atoms. The van der Waals surface area contributed by atoms with Gasteiger partial charge in [-0.15, -0.1) is 0 Å². The van der Waals surface area contributed by atoms with Crippen LogP contribution in [0.2, 0.25) is 0 Å². The van der Waals surface area contributed by atoms with Crippen LogP contribution in [0.1, 0.15) is 29.4 Å². The molecule has 1 fully saturated rings. The lowest BCUT2D eigenvalue weighted by Gasteiger charge is -2.22. The van der Waals surface area contributed by atoms with Crippen molar-refractivity contribution in [1.82, 2.24) is 20.1 Å². The van der Waals surface area contributed by atoms with Gasteiger partial charge in [-0.05, 0) is 31.5 Å². The molecular formula is C18H18F2N6OS. The molecule has 1 amide bonds. The average Bonchev–Trinajstić information content (AvgIpc) is 3.29. The van der Waals surface area contributed by atoms with Crippen LogP contribution in [0.5, 0.6) is 0 Å². The van der Waals surface area contributed by atoms with Gasteiger partial charge in [0, 0.05) is 12.7 Å². The Labute approximate surface area is 163 Å². The Balaban J connectivity index is 1.53. The van der Waals surface area contributed by atoms with Crippen molar-refractivity contribution in [2.24, 2.45) is 0 Å². The van der Waals surface area contributed by atoms with Gasteiger partial charge in [0.15, 0.2) is 5.69 Å². The first-order valence-corrected chi connectivity index (χ1v) is 9.61. The molecule has 1 atom stereocenters. The highest BCUT2D eigenvalue weighted by molar-refractivity contribution is 7.19. The number of hydrogen-bond acceptors (Lipinski definition) is 6. The summed E-state index contributed by atoms with van der Waals surface area (Å²) < 4.78 is 29.8. The monoisotopic (exact) mass is 404 g/mol. The number of benzene rings is 1. The van der Waals surface area contributed by atoms with Crippen LogP contribution >= 0.6 is 11.3 Å². The van der Waals surface area contributed by atoms with Gasteiger partial charge in [-0.25, -0.2) is 13.8 Å². The molecule has 0 radical (unpaired) electrons. The molecule has 1 saturated heterocycles. The van der Waals surface area contributed by atoms with Crippen LogP contribution in [0.15, 0.2) is 30.6 Å². The van der Waals surface area contributed by atoms with Gasteiger partial charge in [-0.2, -0.15) is 5.10 Å². The number of nitrogens with one attached hydrogen (secondary N) is 2. The highest BCUT2D eigenvalue weighted by atomic mass is 32.1. The predicted octanol–water partition coefficient (Wildman–Crippen LogP) is 3.04. The van der Waals surface area contributed by atoms with E-state index in [4.69, 9.17) is 5.73 Å². The maximum atomic E-state index is 14.0. The first kappa shape index (κ1) is 18.5. The molecule has 1 aromatic carbocycles. The number of aromatic nitrogens is 3. The van der Waals surface area contributed by atoms with Crippen molar-refractivity contribution in [3.8, 4) is 10.6 Å². The van der Waals surface area contributed by atoms with Crippen LogP contribution < -0.4 is 16.4 Å². The zero-order chi connectivity index (χ0) is 19.7. The Kier molecular flexibility index (Phi) is 5.05. The number of hydrogen-bond donors (Lipinski definition) is 3. The molecule has 3 heterocycles. The van der Waals surface area contributed by atoms with E-state index in [1.807, 2.05) is 4.68 Å². The van der Waals surface area contributed by atoms with Crippen molar-refractivity contribution in [2.45, 2.75) is 18.9 Å². The van der Waals surface area contributed by atoms with E-state index in [1.54, 1.807) is 12.4 Å². The molecule has 7 nitrogen and oxygen atoms in total. The number of thiazole rings is 1. The van der Waals surface area contributed by atoms with E-state index in [0.29, 0.717) is 5.69 Å². The normalized spacial score (nSPS) is 16.9. The number of nitrogen functional groups attached to an aromatic ring is 1. The molecule has 3 aromatic rings. The van der Waals surface area contributed by atoms with Gasteiger partial charge in [-0.3, -0.25) is 9.48 Å². The Hall–Kier alpha value is -2.85. The summed E-state index contributed by atoms with van der Waals surface area (Å²) in [6, 6.07) is 3.76. The fourth-order valence-corrected chi connectivity index (χ4v) is 4.03. The number of amides is 1. The molecular weight excluding hydrogens is 386 g/mol. The first-order chi connectivity index (χ1) is 13.5. The summed E-state index contributed by atoms with van der Waals surface area (Å²) in [5.74, 6) is -2.08. The Bertz CT molecular complexity index is 991. The minimum Gasteiger partial charge on any atom is -0.389 e. The van der Waals surface area contributed by atoms with E-state index in [2.05, 4.69) is 20.7 Å². The first-order valence-electron chi connectivity index (χ1n) is 8.80. The standard InChI is InChI=1S/C18H18F2N6OS/c19-12-4-1-5-13(20)14(12)18-25-15(16(21)28-18)17(27)24-10-7-23-26(9-10)11-3-2-6-22-8-11/h1,4-5,7,9,11,22H,2-3,6,8,21H2,(H,24,27)/t11-/m0/s1. The maximum Gasteiger partial charge on any atom is 0.277 e. The second kappa shape index (κ2) is 7.64. The van der Waals surface area contributed by atoms with Crippen molar-refractivity contribution < 1.29 is 13.6 Å². The van der Waals surface area contributed by atoms with Gasteiger partial charge in [0.1, 0.15) is 21.6 Å². The van der Waals surface area contributed by atoms with E-state index >= 15 is 0 Å². The average molecular weight is 404 g/mol. The summed E-state index contributed by atoms with van der Waals surface area (Å²) >= 11 is 0.859. The lowest BCUT2D eigenvalue weighted by Crippen LogP contribution is -2.31. The summed E-state index contributed by atoms with van der Waals surface area (Å²) in [6.07, 6.45) is 5.37. The summed E-state index contributed by atoms with van der Waals surface area (Å²) in [5, 5.41) is 10.4. The molecule has 146 valence electrons. The van der Waals surface area contributed by atoms with Gasteiger partial charge in [0.05, 0.1) is 23.5 Å². The van der Waals surface area contributed by atoms with Gasteiger partial charge in [0.25, 0.3) is 5.91 Å². The number of halogens is 2. The van der Waals surface area contributed by atoms with E-state index in [-0.39, 0.29) is 27.3 Å². The molecule has 0 aliphatic carbocycles. The molecule has 1 aliphatic rings. The van der Waals surface area contributed by atoms with Crippen molar-refractivity contribution in [2.75, 3.05) is 24.1 Å². The summed E-state index contributed by atoms with van der Waals surface area (Å²) in [5.41, 5.74) is 6.01. The second-order valence-corrected chi connectivity index (χ2v) is 7.52. The summed E-state index contributed by atoms with van der Waals surface area (Å²) in [4.78, 5) is 16.6. The molecule has 0 unspecified atom stereocenters. The minimum absolute atomic E-state index is 0.0159. The highest BCUT2D eigenvalue weighted by Crippen LogP contribution is 2.33. The zero-order valence-electron chi connectivity index (χ0n) is 14.8. The van der Waals surface area contributed by atoms with Crippen molar-refractivity contribution in [3.05, 3.63) is 47.9 Å². The Morgan fingerprint density at radius 1 is 1.36 bits per heavy atom.